The molecule has 0 radical (unpaired) electrons. The lowest BCUT2D eigenvalue weighted by atomic mass is 10.1. The van der Waals surface area contributed by atoms with Gasteiger partial charge in [-0.3, -0.25) is 9.59 Å². The summed E-state index contributed by atoms with van der Waals surface area (Å²) < 4.78 is 17.0. The van der Waals surface area contributed by atoms with E-state index in [0.717, 1.165) is 96.3 Å². The van der Waals surface area contributed by atoms with Gasteiger partial charge in [0.25, 0.3) is 0 Å². The average Bonchev–Trinajstić information content (AvgIpc) is 3.15. The van der Waals surface area contributed by atoms with Crippen LogP contribution in [0.25, 0.3) is 0 Å². The van der Waals surface area contributed by atoms with Crippen molar-refractivity contribution in [1.82, 2.24) is 0 Å². The zero-order chi connectivity index (χ0) is 41.4. The third-order valence-electron chi connectivity index (χ3n) is 8.72. The van der Waals surface area contributed by atoms with E-state index in [2.05, 4.69) is 111 Å². The number of hydrogen-bond donors (Lipinski definition) is 0. The number of carbonyl (C=O) groups excluding carboxylic acids is 3. The van der Waals surface area contributed by atoms with Crippen LogP contribution in [0.3, 0.4) is 0 Å². The van der Waals surface area contributed by atoms with E-state index in [9.17, 15) is 19.5 Å². The van der Waals surface area contributed by atoms with Crippen LogP contribution in [0.1, 0.15) is 136 Å². The standard InChI is InChI=1S/C48H77NO7/c1-6-8-10-12-14-16-17-18-19-20-21-22-23-24-25-26-27-28-29-31-32-34-36-38-46(50)55-43-44(42-54-41-40-45(48(52)53)49(3,4)5)56-47(51)39-37-35-33-30-15-13-11-9-7-2/h8-11,14-16,18-19,21-22,24-25,27-28,30,44-45H,6-7,12-13,17,20,23,26,29,31-43H2,1-5H3/b10-8+,11-9+,16-14+,19-18+,22-21+,25-24+,28-27+,30-15+. The van der Waals surface area contributed by atoms with Crippen LogP contribution in [0.2, 0.25) is 0 Å². The molecule has 0 fully saturated rings. The first-order valence-corrected chi connectivity index (χ1v) is 21.3. The molecule has 8 heteroatoms. The molecule has 0 bridgehead atoms. The number of ether oxygens (including phenoxy) is 3. The first-order chi connectivity index (χ1) is 27.1. The van der Waals surface area contributed by atoms with E-state index >= 15 is 0 Å². The zero-order valence-corrected chi connectivity index (χ0v) is 35.8. The minimum Gasteiger partial charge on any atom is -0.544 e. The van der Waals surface area contributed by atoms with E-state index in [1.165, 1.54) is 0 Å². The Kier molecular flexibility index (Phi) is 35.6. The van der Waals surface area contributed by atoms with Crippen molar-refractivity contribution in [1.29, 1.82) is 0 Å². The molecule has 0 aromatic carbocycles. The lowest BCUT2D eigenvalue weighted by Gasteiger charge is -2.34. The molecule has 56 heavy (non-hydrogen) atoms. The molecule has 0 aliphatic heterocycles. The lowest BCUT2D eigenvalue weighted by molar-refractivity contribution is -0.889. The van der Waals surface area contributed by atoms with Gasteiger partial charge in [-0.2, -0.15) is 0 Å². The van der Waals surface area contributed by atoms with Crippen molar-refractivity contribution < 1.29 is 38.2 Å². The number of carboxylic acid groups (broad SMARTS) is 1. The number of likely N-dealkylation sites (N-methyl/N-ethyl adjacent to an activating group) is 1. The third kappa shape index (κ3) is 35.9. The summed E-state index contributed by atoms with van der Waals surface area (Å²) >= 11 is 0. The monoisotopic (exact) mass is 780 g/mol. The summed E-state index contributed by atoms with van der Waals surface area (Å²) in [7, 11) is 5.36. The van der Waals surface area contributed by atoms with Crippen molar-refractivity contribution in [3.63, 3.8) is 0 Å². The second-order valence-electron chi connectivity index (χ2n) is 14.8. The Morgan fingerprint density at radius 1 is 0.536 bits per heavy atom. The number of quaternary nitrogens is 1. The molecule has 0 amide bonds. The summed E-state index contributed by atoms with van der Waals surface area (Å²) in [5, 5.41) is 11.6. The Morgan fingerprint density at radius 3 is 1.41 bits per heavy atom. The summed E-state index contributed by atoms with van der Waals surface area (Å²) in [5.74, 6) is -1.83. The molecular weight excluding hydrogens is 703 g/mol. The number of allylic oxidation sites excluding steroid dienone is 16. The van der Waals surface area contributed by atoms with Crippen LogP contribution >= 0.6 is 0 Å². The number of aliphatic carboxylic acids is 1. The molecule has 0 aromatic rings. The highest BCUT2D eigenvalue weighted by molar-refractivity contribution is 5.70. The van der Waals surface area contributed by atoms with E-state index in [1.807, 2.05) is 0 Å². The maximum atomic E-state index is 12.6. The first-order valence-electron chi connectivity index (χ1n) is 21.3. The van der Waals surface area contributed by atoms with Gasteiger partial charge in [0.2, 0.25) is 0 Å². The molecular formula is C48H77NO7. The summed E-state index contributed by atoms with van der Waals surface area (Å²) in [6.45, 7) is 4.32. The van der Waals surface area contributed by atoms with E-state index in [4.69, 9.17) is 14.2 Å². The Bertz CT molecular complexity index is 1230. The SMILES string of the molecule is CC/C=C/C/C=C/C/C=C/C/C=C/C/C=C/C/C=C/CCCCCCC(=O)OCC(COCCC(C(=O)[O-])[N+](C)(C)C)OC(=O)CCCC/C=C/C/C=C/CC. The normalized spacial score (nSPS) is 13.9. The van der Waals surface area contributed by atoms with Crippen LogP contribution in [0.5, 0.6) is 0 Å². The van der Waals surface area contributed by atoms with Crippen LogP contribution < -0.4 is 5.11 Å². The number of carboxylic acids is 1. The highest BCUT2D eigenvalue weighted by atomic mass is 16.6. The summed E-state index contributed by atoms with van der Waals surface area (Å²) in [6, 6.07) is -0.740. The fraction of sp³-hybridized carbons (Fsp3) is 0.604. The predicted molar refractivity (Wildman–Crippen MR) is 231 cm³/mol. The Labute approximate surface area is 341 Å². The molecule has 316 valence electrons. The Morgan fingerprint density at radius 2 is 0.946 bits per heavy atom. The average molecular weight is 780 g/mol. The van der Waals surface area contributed by atoms with Gasteiger partial charge >= 0.3 is 11.9 Å². The van der Waals surface area contributed by atoms with Crippen molar-refractivity contribution in [2.75, 3.05) is 41.0 Å². The first kappa shape index (κ1) is 52.2. The summed E-state index contributed by atoms with van der Waals surface area (Å²) in [6.07, 6.45) is 50.3. The van der Waals surface area contributed by atoms with Crippen molar-refractivity contribution >= 4 is 17.9 Å². The van der Waals surface area contributed by atoms with Gasteiger partial charge in [0.05, 0.1) is 40.3 Å². The fourth-order valence-electron chi connectivity index (χ4n) is 5.46. The second kappa shape index (κ2) is 38.1. The molecule has 0 N–H and O–H groups in total. The molecule has 0 aliphatic carbocycles. The quantitative estimate of drug-likeness (QED) is 0.0270. The van der Waals surface area contributed by atoms with Gasteiger partial charge in [0.1, 0.15) is 12.6 Å². The number of esters is 2. The van der Waals surface area contributed by atoms with Crippen LogP contribution in [-0.2, 0) is 28.6 Å². The molecule has 0 aromatic heterocycles. The van der Waals surface area contributed by atoms with Crippen molar-refractivity contribution in [2.24, 2.45) is 0 Å². The van der Waals surface area contributed by atoms with Crippen LogP contribution in [0.15, 0.2) is 97.2 Å². The predicted octanol–water partition coefficient (Wildman–Crippen LogP) is 10.2. The second-order valence-corrected chi connectivity index (χ2v) is 14.8. The molecule has 0 saturated carbocycles. The number of unbranched alkanes of at least 4 members (excludes halogenated alkanes) is 6. The number of rotatable bonds is 36. The molecule has 0 spiro atoms. The summed E-state index contributed by atoms with van der Waals surface area (Å²) in [4.78, 5) is 36.7. The van der Waals surface area contributed by atoms with Crippen molar-refractivity contribution in [2.45, 2.75) is 148 Å². The minimum atomic E-state index is -1.14. The summed E-state index contributed by atoms with van der Waals surface area (Å²) in [5.41, 5.74) is 0. The Hall–Kier alpha value is -3.75. The number of nitrogens with zero attached hydrogens (tertiary/aromatic N) is 1. The highest BCUT2D eigenvalue weighted by Gasteiger charge is 2.25. The molecule has 0 heterocycles. The fourth-order valence-corrected chi connectivity index (χ4v) is 5.46. The highest BCUT2D eigenvalue weighted by Crippen LogP contribution is 2.11. The third-order valence-corrected chi connectivity index (χ3v) is 8.72. The lowest BCUT2D eigenvalue weighted by Crippen LogP contribution is -2.55. The van der Waals surface area contributed by atoms with Crippen molar-refractivity contribution in [3.05, 3.63) is 97.2 Å². The van der Waals surface area contributed by atoms with E-state index in [1.54, 1.807) is 21.1 Å². The molecule has 0 rings (SSSR count). The van der Waals surface area contributed by atoms with Gasteiger partial charge in [-0.05, 0) is 89.9 Å². The maximum Gasteiger partial charge on any atom is 0.306 e. The Balaban J connectivity index is 4.34. The molecule has 0 aliphatic rings. The van der Waals surface area contributed by atoms with Gasteiger partial charge in [-0.15, -0.1) is 0 Å². The van der Waals surface area contributed by atoms with Crippen LogP contribution in [0, 0.1) is 0 Å². The van der Waals surface area contributed by atoms with Gasteiger partial charge in [0.15, 0.2) is 6.10 Å². The largest absolute Gasteiger partial charge is 0.544 e. The smallest absolute Gasteiger partial charge is 0.306 e. The van der Waals surface area contributed by atoms with Crippen LogP contribution in [-0.4, -0.2) is 75.5 Å². The zero-order valence-electron chi connectivity index (χ0n) is 35.8. The maximum absolute atomic E-state index is 12.6. The van der Waals surface area contributed by atoms with E-state index in [-0.39, 0.29) is 49.1 Å². The van der Waals surface area contributed by atoms with Gasteiger partial charge in [0, 0.05) is 19.3 Å². The minimum absolute atomic E-state index is 0.0124. The molecule has 8 nitrogen and oxygen atoms in total. The van der Waals surface area contributed by atoms with Gasteiger partial charge in [-0.25, -0.2) is 0 Å². The molecule has 2 atom stereocenters. The van der Waals surface area contributed by atoms with E-state index < -0.39 is 18.1 Å². The van der Waals surface area contributed by atoms with Gasteiger partial charge < -0.3 is 28.6 Å². The number of hydrogen-bond acceptors (Lipinski definition) is 7. The molecule has 0 saturated heterocycles. The van der Waals surface area contributed by atoms with Crippen LogP contribution in [0.4, 0.5) is 0 Å². The van der Waals surface area contributed by atoms with E-state index in [0.29, 0.717) is 12.8 Å². The van der Waals surface area contributed by atoms with Crippen molar-refractivity contribution in [3.8, 4) is 0 Å². The topological polar surface area (TPSA) is 102 Å². The molecule has 2 unspecified atom stereocenters. The van der Waals surface area contributed by atoms with Gasteiger partial charge in [-0.1, -0.05) is 124 Å². The number of carbonyl (C=O) groups is 3.